The molecular weight excluding hydrogens is 363 g/mol. The van der Waals surface area contributed by atoms with Gasteiger partial charge in [-0.05, 0) is 78.9 Å². The third-order valence-electron chi connectivity index (χ3n) is 4.57. The molecule has 2 fully saturated rings. The lowest BCUT2D eigenvalue weighted by molar-refractivity contribution is 0.0674. The highest BCUT2D eigenvalue weighted by molar-refractivity contribution is 14.1. The van der Waals surface area contributed by atoms with Gasteiger partial charge in [0.2, 0.25) is 0 Å². The van der Waals surface area contributed by atoms with Crippen molar-refractivity contribution in [2.75, 3.05) is 19.6 Å². The van der Waals surface area contributed by atoms with Crippen molar-refractivity contribution in [3.63, 3.8) is 0 Å². The molecule has 3 nitrogen and oxygen atoms in total. The van der Waals surface area contributed by atoms with Crippen molar-refractivity contribution in [3.05, 3.63) is 33.4 Å². The Morgan fingerprint density at radius 2 is 2.05 bits per heavy atom. The molecule has 3 rings (SSSR count). The van der Waals surface area contributed by atoms with E-state index in [0.29, 0.717) is 6.04 Å². The molecule has 0 aromatic heterocycles. The average molecular weight is 384 g/mol. The van der Waals surface area contributed by atoms with Crippen LogP contribution in [0, 0.1) is 9.49 Å². The van der Waals surface area contributed by atoms with Gasteiger partial charge in [-0.15, -0.1) is 0 Å². The van der Waals surface area contributed by atoms with Gasteiger partial charge in [0.25, 0.3) is 5.91 Å². The van der Waals surface area contributed by atoms with Gasteiger partial charge in [-0.25, -0.2) is 0 Å². The van der Waals surface area contributed by atoms with Gasteiger partial charge in [0.15, 0.2) is 0 Å². The quantitative estimate of drug-likeness (QED) is 0.796. The molecule has 1 aromatic carbocycles. The number of benzene rings is 1. The Kier molecular flexibility index (Phi) is 4.61. The molecule has 1 aromatic rings. The summed E-state index contributed by atoms with van der Waals surface area (Å²) in [4.78, 5) is 14.5. The lowest BCUT2D eigenvalue weighted by Crippen LogP contribution is -2.43. The van der Waals surface area contributed by atoms with E-state index in [1.807, 2.05) is 29.2 Å². The van der Waals surface area contributed by atoms with Crippen LogP contribution in [0.15, 0.2) is 24.3 Å². The van der Waals surface area contributed by atoms with E-state index in [1.165, 1.54) is 19.4 Å². The number of nitrogens with one attached hydrogen (secondary N) is 1. The number of halogens is 1. The minimum absolute atomic E-state index is 0.196. The van der Waals surface area contributed by atoms with Crippen LogP contribution in [0.5, 0.6) is 0 Å². The first-order valence-corrected chi connectivity index (χ1v) is 8.60. The summed E-state index contributed by atoms with van der Waals surface area (Å²) in [7, 11) is 0. The topological polar surface area (TPSA) is 32.3 Å². The molecule has 0 saturated carbocycles. The minimum atomic E-state index is 0.196. The van der Waals surface area contributed by atoms with Crippen LogP contribution in [-0.4, -0.2) is 36.5 Å². The highest BCUT2D eigenvalue weighted by Crippen LogP contribution is 2.26. The second-order valence-corrected chi connectivity index (χ2v) is 7.09. The lowest BCUT2D eigenvalue weighted by atomic mass is 9.88. The molecule has 1 amide bonds. The number of rotatable bonds is 2. The third kappa shape index (κ3) is 3.17. The van der Waals surface area contributed by atoms with E-state index < -0.39 is 0 Å². The number of hydrogen-bond donors (Lipinski definition) is 1. The molecule has 2 aliphatic heterocycles. The van der Waals surface area contributed by atoms with E-state index in [4.69, 9.17) is 0 Å². The Hall–Kier alpha value is -0.620. The largest absolute Gasteiger partial charge is 0.339 e. The molecule has 20 heavy (non-hydrogen) atoms. The maximum atomic E-state index is 12.5. The predicted octanol–water partition coefficient (Wildman–Crippen LogP) is 2.90. The van der Waals surface area contributed by atoms with Crippen LogP contribution in [0.25, 0.3) is 0 Å². The fraction of sp³-hybridized carbons (Fsp3) is 0.562. The number of nitrogens with zero attached hydrogens (tertiary/aromatic N) is 1. The number of hydrogen-bond acceptors (Lipinski definition) is 2. The molecule has 2 heterocycles. The highest BCUT2D eigenvalue weighted by atomic mass is 127. The van der Waals surface area contributed by atoms with Crippen molar-refractivity contribution < 1.29 is 4.79 Å². The Morgan fingerprint density at radius 1 is 1.25 bits per heavy atom. The second kappa shape index (κ2) is 6.43. The first-order valence-electron chi connectivity index (χ1n) is 7.52. The van der Waals surface area contributed by atoms with Crippen LogP contribution in [0.3, 0.4) is 0 Å². The first-order chi connectivity index (χ1) is 9.74. The summed E-state index contributed by atoms with van der Waals surface area (Å²) in [6.07, 6.45) is 4.92. The number of piperidine rings is 1. The summed E-state index contributed by atoms with van der Waals surface area (Å²) >= 11 is 2.26. The molecule has 0 spiro atoms. The molecule has 1 atom stereocenters. The van der Waals surface area contributed by atoms with Crippen molar-refractivity contribution in [1.82, 2.24) is 10.2 Å². The SMILES string of the molecule is O=C(c1cccc(I)c1)N1CCC(C2CCCN2)CC1. The van der Waals surface area contributed by atoms with Gasteiger partial charge in [0.05, 0.1) is 0 Å². The smallest absolute Gasteiger partial charge is 0.253 e. The molecule has 4 heteroatoms. The normalized spacial score (nSPS) is 24.1. The van der Waals surface area contributed by atoms with Crippen molar-refractivity contribution in [3.8, 4) is 0 Å². The zero-order valence-electron chi connectivity index (χ0n) is 11.6. The minimum Gasteiger partial charge on any atom is -0.339 e. The Bertz CT molecular complexity index is 477. The maximum absolute atomic E-state index is 12.5. The second-order valence-electron chi connectivity index (χ2n) is 5.84. The first kappa shape index (κ1) is 14.3. The van der Waals surface area contributed by atoms with E-state index in [0.717, 1.165) is 41.0 Å². The number of carbonyl (C=O) groups excluding carboxylic acids is 1. The van der Waals surface area contributed by atoms with E-state index in [2.05, 4.69) is 27.9 Å². The molecule has 2 aliphatic rings. The molecule has 2 saturated heterocycles. The highest BCUT2D eigenvalue weighted by Gasteiger charge is 2.30. The van der Waals surface area contributed by atoms with Crippen molar-refractivity contribution in [1.29, 1.82) is 0 Å². The fourth-order valence-corrected chi connectivity index (χ4v) is 3.97. The van der Waals surface area contributed by atoms with Crippen LogP contribution < -0.4 is 5.32 Å². The van der Waals surface area contributed by atoms with Gasteiger partial charge in [-0.2, -0.15) is 0 Å². The monoisotopic (exact) mass is 384 g/mol. The van der Waals surface area contributed by atoms with Crippen LogP contribution in [-0.2, 0) is 0 Å². The van der Waals surface area contributed by atoms with Crippen LogP contribution in [0.2, 0.25) is 0 Å². The molecule has 0 radical (unpaired) electrons. The number of carbonyl (C=O) groups is 1. The van der Waals surface area contributed by atoms with Crippen molar-refractivity contribution in [2.24, 2.45) is 5.92 Å². The lowest BCUT2D eigenvalue weighted by Gasteiger charge is -2.35. The summed E-state index contributed by atoms with van der Waals surface area (Å²) < 4.78 is 1.12. The zero-order valence-corrected chi connectivity index (χ0v) is 13.8. The maximum Gasteiger partial charge on any atom is 0.253 e. The van der Waals surface area contributed by atoms with E-state index in [-0.39, 0.29) is 5.91 Å². The fourth-order valence-electron chi connectivity index (χ4n) is 3.42. The summed E-state index contributed by atoms with van der Waals surface area (Å²) in [5, 5.41) is 3.61. The van der Waals surface area contributed by atoms with E-state index in [9.17, 15) is 4.79 Å². The van der Waals surface area contributed by atoms with Gasteiger partial charge in [-0.3, -0.25) is 4.79 Å². The Morgan fingerprint density at radius 3 is 2.70 bits per heavy atom. The molecule has 1 N–H and O–H groups in total. The van der Waals surface area contributed by atoms with Gasteiger partial charge < -0.3 is 10.2 Å². The van der Waals surface area contributed by atoms with E-state index >= 15 is 0 Å². The van der Waals surface area contributed by atoms with Crippen LogP contribution in [0.1, 0.15) is 36.0 Å². The average Bonchev–Trinajstić information content (AvgIpc) is 3.01. The van der Waals surface area contributed by atoms with Gasteiger partial charge in [0.1, 0.15) is 0 Å². The third-order valence-corrected chi connectivity index (χ3v) is 5.24. The molecule has 0 bridgehead atoms. The molecule has 108 valence electrons. The molecule has 1 unspecified atom stereocenters. The summed E-state index contributed by atoms with van der Waals surface area (Å²) in [6.45, 7) is 2.99. The van der Waals surface area contributed by atoms with Gasteiger partial charge >= 0.3 is 0 Å². The predicted molar refractivity (Wildman–Crippen MR) is 88.8 cm³/mol. The summed E-state index contributed by atoms with van der Waals surface area (Å²) in [6, 6.07) is 8.59. The van der Waals surface area contributed by atoms with Crippen molar-refractivity contribution in [2.45, 2.75) is 31.7 Å². The summed E-state index contributed by atoms with van der Waals surface area (Å²) in [5.41, 5.74) is 0.828. The zero-order chi connectivity index (χ0) is 13.9. The molecular formula is C16H21IN2O. The van der Waals surface area contributed by atoms with Crippen molar-refractivity contribution >= 4 is 28.5 Å². The number of amides is 1. The van der Waals surface area contributed by atoms with Crippen LogP contribution in [0.4, 0.5) is 0 Å². The van der Waals surface area contributed by atoms with Gasteiger partial charge in [-0.1, -0.05) is 6.07 Å². The van der Waals surface area contributed by atoms with Crippen LogP contribution >= 0.6 is 22.6 Å². The standard InChI is InChI=1S/C16H21IN2O/c17-14-4-1-3-13(11-14)16(20)19-9-6-12(7-10-19)15-5-2-8-18-15/h1,3-4,11-12,15,18H,2,5-10H2. The van der Waals surface area contributed by atoms with E-state index in [1.54, 1.807) is 0 Å². The summed E-state index contributed by atoms with van der Waals surface area (Å²) in [5.74, 6) is 0.957. The molecule has 0 aliphatic carbocycles. The van der Waals surface area contributed by atoms with Gasteiger partial charge in [0, 0.05) is 28.3 Å². The Labute approximate surface area is 134 Å². The number of likely N-dealkylation sites (tertiary alicyclic amines) is 1. The Balaban J connectivity index is 1.58.